The predicted molar refractivity (Wildman–Crippen MR) is 158 cm³/mol. The first-order valence-corrected chi connectivity index (χ1v) is 12.7. The van der Waals surface area contributed by atoms with Crippen LogP contribution in [0.1, 0.15) is 0 Å². The largest absolute Gasteiger partial charge is 0.0616 e. The molecular weight excluding hydrogens is 432 g/mol. The van der Waals surface area contributed by atoms with E-state index >= 15 is 0 Å². The quantitative estimate of drug-likeness (QED) is 0.159. The average Bonchev–Trinajstić information content (AvgIpc) is 2.96. The fourth-order valence-electron chi connectivity index (χ4n) is 7.57. The second-order valence-corrected chi connectivity index (χ2v) is 10.4. The van der Waals surface area contributed by atoms with Crippen LogP contribution in [0.2, 0.25) is 0 Å². The van der Waals surface area contributed by atoms with Crippen LogP contribution in [-0.2, 0) is 0 Å². The van der Waals surface area contributed by atoms with Crippen molar-refractivity contribution in [3.8, 4) is 0 Å². The molecule has 0 aliphatic rings. The minimum Gasteiger partial charge on any atom is -0.0616 e. The zero-order valence-electron chi connectivity index (χ0n) is 19.4. The van der Waals surface area contributed by atoms with Crippen molar-refractivity contribution >= 4 is 97.0 Å². The van der Waals surface area contributed by atoms with Gasteiger partial charge in [0.1, 0.15) is 0 Å². The summed E-state index contributed by atoms with van der Waals surface area (Å²) in [5.41, 5.74) is 0. The Hall–Kier alpha value is -4.68. The smallest absolute Gasteiger partial charge is 0.000718 e. The molecule has 0 nitrogen and oxygen atoms in total. The van der Waals surface area contributed by atoms with Crippen molar-refractivity contribution in [2.75, 3.05) is 0 Å². The van der Waals surface area contributed by atoms with Crippen molar-refractivity contribution in [2.24, 2.45) is 0 Å². The summed E-state index contributed by atoms with van der Waals surface area (Å²) in [6, 6.07) is 41.2. The molecule has 0 heterocycles. The van der Waals surface area contributed by atoms with Crippen LogP contribution in [0.4, 0.5) is 0 Å². The Morgan fingerprint density at radius 2 is 0.333 bits per heavy atom. The third-order valence-corrected chi connectivity index (χ3v) is 8.89. The molecule has 0 saturated heterocycles. The molecule has 0 saturated carbocycles. The number of benzene rings is 10. The highest BCUT2D eigenvalue weighted by molar-refractivity contribution is 6.52. The first kappa shape index (κ1) is 17.7. The normalized spacial score (nSPS) is 13.0. The van der Waals surface area contributed by atoms with Gasteiger partial charge in [0.2, 0.25) is 0 Å². The zero-order valence-corrected chi connectivity index (χ0v) is 19.4. The molecule has 0 heteroatoms. The SMILES string of the molecule is c1ccc2c(c1)c1ccc3c4ccccc4c4ccc5c6ccccc6c6ccc2c2c1c3c4c5c62. The van der Waals surface area contributed by atoms with Crippen LogP contribution in [0.3, 0.4) is 0 Å². The van der Waals surface area contributed by atoms with E-state index in [4.69, 9.17) is 0 Å². The van der Waals surface area contributed by atoms with Gasteiger partial charge < -0.3 is 0 Å². The number of hydrogen-bond acceptors (Lipinski definition) is 0. The maximum absolute atomic E-state index is 2.38. The number of rotatable bonds is 0. The summed E-state index contributed by atoms with van der Waals surface area (Å²) in [7, 11) is 0. The van der Waals surface area contributed by atoms with Crippen molar-refractivity contribution in [3.05, 3.63) is 109 Å². The maximum Gasteiger partial charge on any atom is -0.000718 e. The molecule has 0 fully saturated rings. The Morgan fingerprint density at radius 3 is 0.500 bits per heavy atom. The summed E-state index contributed by atoms with van der Waals surface area (Å²) < 4.78 is 0. The maximum atomic E-state index is 2.38. The monoisotopic (exact) mass is 450 g/mol. The summed E-state index contributed by atoms with van der Waals surface area (Å²) in [4.78, 5) is 0. The van der Waals surface area contributed by atoms with Crippen molar-refractivity contribution in [1.82, 2.24) is 0 Å². The Kier molecular flexibility index (Phi) is 2.83. The molecule has 36 heavy (non-hydrogen) atoms. The lowest BCUT2D eigenvalue weighted by atomic mass is 9.78. The van der Waals surface area contributed by atoms with Gasteiger partial charge in [-0.05, 0) is 97.0 Å². The van der Waals surface area contributed by atoms with Gasteiger partial charge in [0.05, 0.1) is 0 Å². The highest BCUT2D eigenvalue weighted by atomic mass is 14.3. The molecule has 0 aliphatic carbocycles. The molecule has 0 aliphatic heterocycles. The van der Waals surface area contributed by atoms with E-state index in [0.717, 1.165) is 0 Å². The van der Waals surface area contributed by atoms with E-state index in [9.17, 15) is 0 Å². The van der Waals surface area contributed by atoms with Gasteiger partial charge in [-0.15, -0.1) is 0 Å². The molecule has 162 valence electrons. The highest BCUT2D eigenvalue weighted by Crippen LogP contribution is 2.53. The van der Waals surface area contributed by atoms with Crippen LogP contribution in [-0.4, -0.2) is 0 Å². The van der Waals surface area contributed by atoms with Crippen molar-refractivity contribution in [2.45, 2.75) is 0 Å². The van der Waals surface area contributed by atoms with Gasteiger partial charge in [-0.25, -0.2) is 0 Å². The molecular formula is C36H18. The van der Waals surface area contributed by atoms with Gasteiger partial charge in [-0.1, -0.05) is 109 Å². The van der Waals surface area contributed by atoms with E-state index in [1.807, 2.05) is 0 Å². The summed E-state index contributed by atoms with van der Waals surface area (Å²) in [6.07, 6.45) is 0. The van der Waals surface area contributed by atoms with E-state index in [2.05, 4.69) is 109 Å². The third-order valence-electron chi connectivity index (χ3n) is 8.89. The molecule has 0 N–H and O–H groups in total. The summed E-state index contributed by atoms with van der Waals surface area (Å²) >= 11 is 0. The zero-order chi connectivity index (χ0) is 23.1. The standard InChI is InChI=1S/C36H18/c1-2-8-20-19(7-1)25-13-14-27-21-9-3-4-10-22(21)29-17-18-30-24-12-6-5-11-23(24)28-16-15-26(20)32-31(25)33(27)35(29)36(30)34(28)32/h1-18H. The van der Waals surface area contributed by atoms with E-state index in [-0.39, 0.29) is 0 Å². The van der Waals surface area contributed by atoms with Crippen LogP contribution in [0.5, 0.6) is 0 Å². The molecule has 10 aromatic rings. The first-order chi connectivity index (χ1) is 17.9. The summed E-state index contributed by atoms with van der Waals surface area (Å²) in [5.74, 6) is 0. The molecule has 0 spiro atoms. The first-order valence-electron chi connectivity index (χ1n) is 12.7. The number of hydrogen-bond donors (Lipinski definition) is 0. The summed E-state index contributed by atoms with van der Waals surface area (Å²) in [6.45, 7) is 0. The van der Waals surface area contributed by atoms with Crippen LogP contribution >= 0.6 is 0 Å². The molecule has 0 amide bonds. The van der Waals surface area contributed by atoms with Crippen molar-refractivity contribution in [3.63, 3.8) is 0 Å². The molecule has 0 unspecified atom stereocenters. The van der Waals surface area contributed by atoms with Gasteiger partial charge in [-0.2, -0.15) is 0 Å². The Balaban J connectivity index is 1.74. The van der Waals surface area contributed by atoms with Crippen LogP contribution in [0, 0.1) is 0 Å². The molecule has 0 atom stereocenters. The predicted octanol–water partition coefficient (Wildman–Crippen LogP) is 10.4. The van der Waals surface area contributed by atoms with E-state index in [1.54, 1.807) is 0 Å². The molecule has 0 radical (unpaired) electrons. The topological polar surface area (TPSA) is 0 Å². The molecule has 10 aromatic carbocycles. The minimum atomic E-state index is 1.35. The third kappa shape index (κ3) is 1.77. The van der Waals surface area contributed by atoms with Gasteiger partial charge in [0.25, 0.3) is 0 Å². The van der Waals surface area contributed by atoms with Gasteiger partial charge in [-0.3, -0.25) is 0 Å². The second kappa shape index (κ2) is 5.75. The van der Waals surface area contributed by atoms with E-state index in [0.29, 0.717) is 0 Å². The van der Waals surface area contributed by atoms with Gasteiger partial charge >= 0.3 is 0 Å². The Bertz CT molecular complexity index is 2030. The Morgan fingerprint density at radius 1 is 0.167 bits per heavy atom. The number of fused-ring (bicyclic) bond motifs is 9. The molecule has 0 bridgehead atoms. The lowest BCUT2D eigenvalue weighted by molar-refractivity contribution is 1.79. The fraction of sp³-hybridized carbons (Fsp3) is 0. The highest BCUT2D eigenvalue weighted by Gasteiger charge is 2.24. The lowest BCUT2D eigenvalue weighted by Crippen LogP contribution is -1.95. The lowest BCUT2D eigenvalue weighted by Gasteiger charge is -2.24. The minimum absolute atomic E-state index is 1.35. The van der Waals surface area contributed by atoms with Crippen LogP contribution in [0.15, 0.2) is 109 Å². The molecule has 0 aromatic heterocycles. The van der Waals surface area contributed by atoms with E-state index < -0.39 is 0 Å². The van der Waals surface area contributed by atoms with Crippen molar-refractivity contribution < 1.29 is 0 Å². The van der Waals surface area contributed by atoms with Crippen LogP contribution < -0.4 is 0 Å². The average molecular weight is 451 g/mol. The van der Waals surface area contributed by atoms with Crippen molar-refractivity contribution in [1.29, 1.82) is 0 Å². The van der Waals surface area contributed by atoms with Gasteiger partial charge in [0, 0.05) is 0 Å². The second-order valence-electron chi connectivity index (χ2n) is 10.4. The van der Waals surface area contributed by atoms with E-state index in [1.165, 1.54) is 97.0 Å². The van der Waals surface area contributed by atoms with Gasteiger partial charge in [0.15, 0.2) is 0 Å². The Labute approximate surface area is 206 Å². The molecule has 10 rings (SSSR count). The summed E-state index contributed by atoms with van der Waals surface area (Å²) in [5, 5.41) is 24.8. The van der Waals surface area contributed by atoms with Crippen LogP contribution in [0.25, 0.3) is 97.0 Å². The fourth-order valence-corrected chi connectivity index (χ4v) is 7.57.